The van der Waals surface area contributed by atoms with Crippen LogP contribution in [0.5, 0.6) is 0 Å². The van der Waals surface area contributed by atoms with Crippen molar-refractivity contribution in [3.05, 3.63) is 216 Å². The van der Waals surface area contributed by atoms with E-state index in [0.29, 0.717) is 18.6 Å². The van der Waals surface area contributed by atoms with E-state index in [1.165, 1.54) is 22.3 Å². The molecule has 2 amide bonds. The Kier molecular flexibility index (Phi) is 15.7. The Morgan fingerprint density at radius 1 is 0.477 bits per heavy atom. The second kappa shape index (κ2) is 22.7. The largest absolute Gasteiger partial charge is 0.460 e. The summed E-state index contributed by atoms with van der Waals surface area (Å²) in [5, 5.41) is 14.2. The molecule has 0 aliphatic carbocycles. The number of para-hydroxylation sites is 2. The molecule has 2 saturated heterocycles. The van der Waals surface area contributed by atoms with Gasteiger partial charge in [-0.1, -0.05) is 158 Å². The van der Waals surface area contributed by atoms with Gasteiger partial charge in [-0.3, -0.25) is 14.5 Å². The zero-order valence-electron chi connectivity index (χ0n) is 36.9. The Hall–Kier alpha value is -6.78. The predicted octanol–water partition coefficient (Wildman–Crippen LogP) is 9.86. The quantitative estimate of drug-likeness (QED) is 0.134. The summed E-state index contributed by atoms with van der Waals surface area (Å²) in [6.45, 7) is 7.42. The number of amides is 2. The predicted molar refractivity (Wildman–Crippen MR) is 258 cm³/mol. The number of fused-ring (bicyclic) bond motifs is 2. The van der Waals surface area contributed by atoms with E-state index in [9.17, 15) is 9.59 Å². The Morgan fingerprint density at radius 2 is 0.846 bits per heavy atom. The van der Waals surface area contributed by atoms with E-state index in [1.54, 1.807) is 0 Å². The lowest BCUT2D eigenvalue weighted by atomic mass is 9.88. The molecule has 9 heteroatoms. The van der Waals surface area contributed by atoms with Gasteiger partial charge in [0.05, 0.1) is 6.54 Å². The van der Waals surface area contributed by atoms with Crippen molar-refractivity contribution in [1.29, 1.82) is 0 Å². The van der Waals surface area contributed by atoms with Crippen LogP contribution in [0.4, 0.5) is 0 Å². The van der Waals surface area contributed by atoms with Gasteiger partial charge in [-0.2, -0.15) is 0 Å². The van der Waals surface area contributed by atoms with E-state index in [-0.39, 0.29) is 30.3 Å². The van der Waals surface area contributed by atoms with Crippen molar-refractivity contribution in [2.75, 3.05) is 52.4 Å². The highest BCUT2D eigenvalue weighted by Crippen LogP contribution is 2.30. The Bertz CT molecular complexity index is 2530. The van der Waals surface area contributed by atoms with Crippen molar-refractivity contribution in [3.63, 3.8) is 0 Å². The van der Waals surface area contributed by atoms with E-state index in [1.807, 2.05) is 131 Å². The Labute approximate surface area is 381 Å². The third-order valence-corrected chi connectivity index (χ3v) is 12.2. The highest BCUT2D eigenvalue weighted by Gasteiger charge is 2.26. The van der Waals surface area contributed by atoms with Crippen LogP contribution >= 0.6 is 0 Å². The number of hydrogen-bond acceptors (Lipinski definition) is 7. The van der Waals surface area contributed by atoms with E-state index < -0.39 is 0 Å². The minimum absolute atomic E-state index is 0.0331. The Balaban J connectivity index is 0.000000150. The maximum Gasteiger partial charge on any atom is 0.223 e. The van der Waals surface area contributed by atoms with Crippen LogP contribution in [-0.4, -0.2) is 84.0 Å². The molecule has 2 aliphatic heterocycles. The van der Waals surface area contributed by atoms with Crippen LogP contribution in [0.25, 0.3) is 21.9 Å². The number of benzene rings is 6. The van der Waals surface area contributed by atoms with E-state index in [0.717, 1.165) is 86.6 Å². The molecule has 2 fully saturated rings. The summed E-state index contributed by atoms with van der Waals surface area (Å²) in [4.78, 5) is 32.3. The van der Waals surface area contributed by atoms with E-state index in [2.05, 4.69) is 70.9 Å². The van der Waals surface area contributed by atoms with Crippen molar-refractivity contribution in [3.8, 4) is 0 Å². The molecule has 0 spiro atoms. The van der Waals surface area contributed by atoms with Crippen LogP contribution in [0.3, 0.4) is 0 Å². The number of aliphatic hydroxyl groups excluding tert-OH is 1. The SMILES string of the molecule is O=C(CC(c1ccccc1)c1ccccc1)N1CCN(Cc2cc3ccccc3o2)CC1.O=C(CC(c1ccccc1)c1ccccc1)N1CCNCC1.OCc1cc2ccccc2o1. The van der Waals surface area contributed by atoms with Gasteiger partial charge in [0.2, 0.25) is 11.8 Å². The third kappa shape index (κ3) is 12.3. The summed E-state index contributed by atoms with van der Waals surface area (Å²) in [5.41, 5.74) is 6.56. The molecule has 2 N–H and O–H groups in total. The molecule has 6 aromatic carbocycles. The van der Waals surface area contributed by atoms with Gasteiger partial charge in [-0.05, 0) is 46.5 Å². The first-order chi connectivity index (χ1) is 32.0. The molecule has 0 radical (unpaired) electrons. The number of piperazine rings is 2. The maximum atomic E-state index is 13.2. The third-order valence-electron chi connectivity index (χ3n) is 12.2. The normalized spacial score (nSPS) is 14.2. The molecule has 2 aliphatic rings. The minimum atomic E-state index is -0.0331. The molecular weight excluding hydrogens is 809 g/mol. The smallest absolute Gasteiger partial charge is 0.223 e. The molecular formula is C56H58N4O5. The number of hydrogen-bond donors (Lipinski definition) is 2. The fraction of sp³-hybridized carbons (Fsp3) is 0.250. The average Bonchev–Trinajstić information content (AvgIpc) is 4.00. The summed E-state index contributed by atoms with van der Waals surface area (Å²) >= 11 is 0. The first-order valence-corrected chi connectivity index (χ1v) is 22.7. The van der Waals surface area contributed by atoms with Gasteiger partial charge in [0.15, 0.2) is 0 Å². The van der Waals surface area contributed by atoms with Crippen LogP contribution in [0.1, 0.15) is 58.5 Å². The van der Waals surface area contributed by atoms with Gasteiger partial charge in [0.25, 0.3) is 0 Å². The summed E-state index contributed by atoms with van der Waals surface area (Å²) in [5.74, 6) is 2.29. The fourth-order valence-corrected chi connectivity index (χ4v) is 8.72. The van der Waals surface area contributed by atoms with Crippen molar-refractivity contribution in [1.82, 2.24) is 20.0 Å². The zero-order chi connectivity index (χ0) is 44.6. The molecule has 332 valence electrons. The molecule has 9 nitrogen and oxygen atoms in total. The molecule has 2 aromatic heterocycles. The number of rotatable bonds is 11. The minimum Gasteiger partial charge on any atom is -0.460 e. The number of aliphatic hydroxyl groups is 1. The summed E-state index contributed by atoms with van der Waals surface area (Å²) < 4.78 is 11.2. The molecule has 0 unspecified atom stereocenters. The molecule has 0 bridgehead atoms. The van der Waals surface area contributed by atoms with Gasteiger partial charge in [-0.15, -0.1) is 0 Å². The summed E-state index contributed by atoms with van der Waals surface area (Å²) in [6.07, 6.45) is 1.03. The van der Waals surface area contributed by atoms with E-state index >= 15 is 0 Å². The second-order valence-corrected chi connectivity index (χ2v) is 16.6. The van der Waals surface area contributed by atoms with Gasteiger partial charge in [0, 0.05) is 87.8 Å². The lowest BCUT2D eigenvalue weighted by Crippen LogP contribution is -2.48. The summed E-state index contributed by atoms with van der Waals surface area (Å²) in [6, 6.07) is 61.2. The maximum absolute atomic E-state index is 13.2. The highest BCUT2D eigenvalue weighted by molar-refractivity contribution is 5.79. The number of furan rings is 2. The van der Waals surface area contributed by atoms with Gasteiger partial charge in [-0.25, -0.2) is 0 Å². The molecule has 4 heterocycles. The number of carbonyl (C=O) groups is 2. The van der Waals surface area contributed by atoms with Crippen LogP contribution < -0.4 is 5.32 Å². The lowest BCUT2D eigenvalue weighted by Gasteiger charge is -2.35. The van der Waals surface area contributed by atoms with Crippen molar-refractivity contribution >= 4 is 33.8 Å². The highest BCUT2D eigenvalue weighted by atomic mass is 16.4. The number of nitrogens with zero attached hydrogens (tertiary/aromatic N) is 3. The Morgan fingerprint density at radius 3 is 1.26 bits per heavy atom. The zero-order valence-corrected chi connectivity index (χ0v) is 36.9. The first kappa shape index (κ1) is 44.8. The van der Waals surface area contributed by atoms with Crippen LogP contribution in [0, 0.1) is 0 Å². The standard InChI is InChI=1S/C28H28N2O2.C19H22N2O.C9H8O2/c31-28(20-26(22-9-3-1-4-10-22)23-11-5-2-6-12-23)30-17-15-29(16-18-30)21-25-19-24-13-7-8-14-27(24)32-25;22-19(21-13-11-20-12-14-21)15-18(16-7-3-1-4-8-16)17-9-5-2-6-10-17;10-6-8-5-7-3-1-2-4-9(7)11-8/h1-14,19,26H,15-18,20-21H2;1-10,18,20H,11-15H2;1-5,10H,6H2. The van der Waals surface area contributed by atoms with Crippen molar-refractivity contribution < 1.29 is 23.5 Å². The van der Waals surface area contributed by atoms with Crippen LogP contribution in [-0.2, 0) is 22.7 Å². The fourth-order valence-electron chi connectivity index (χ4n) is 8.72. The first-order valence-electron chi connectivity index (χ1n) is 22.7. The monoisotopic (exact) mass is 866 g/mol. The van der Waals surface area contributed by atoms with Gasteiger partial charge < -0.3 is 29.1 Å². The number of carbonyl (C=O) groups excluding carboxylic acids is 2. The molecule has 65 heavy (non-hydrogen) atoms. The molecule has 0 atom stereocenters. The van der Waals surface area contributed by atoms with Crippen molar-refractivity contribution in [2.45, 2.75) is 37.8 Å². The van der Waals surface area contributed by atoms with Crippen LogP contribution in [0.15, 0.2) is 191 Å². The average molecular weight is 867 g/mol. The van der Waals surface area contributed by atoms with Gasteiger partial charge >= 0.3 is 0 Å². The van der Waals surface area contributed by atoms with Crippen LogP contribution in [0.2, 0.25) is 0 Å². The number of nitrogens with one attached hydrogen (secondary N) is 1. The molecule has 0 saturated carbocycles. The second-order valence-electron chi connectivity index (χ2n) is 16.6. The summed E-state index contributed by atoms with van der Waals surface area (Å²) in [7, 11) is 0. The van der Waals surface area contributed by atoms with E-state index in [4.69, 9.17) is 13.9 Å². The van der Waals surface area contributed by atoms with Crippen molar-refractivity contribution in [2.24, 2.45) is 0 Å². The lowest BCUT2D eigenvalue weighted by molar-refractivity contribution is -0.133. The van der Waals surface area contributed by atoms with Gasteiger partial charge in [0.1, 0.15) is 29.3 Å². The molecule has 10 rings (SSSR count). The molecule has 8 aromatic rings. The topological polar surface area (TPSA) is 102 Å².